The maximum absolute atomic E-state index is 12.2. The zero-order valence-electron chi connectivity index (χ0n) is 16.0. The second kappa shape index (κ2) is 9.23. The summed E-state index contributed by atoms with van der Waals surface area (Å²) in [6, 6.07) is 8.86. The van der Waals surface area contributed by atoms with Crippen molar-refractivity contribution in [3.63, 3.8) is 0 Å². The van der Waals surface area contributed by atoms with Crippen LogP contribution < -0.4 is 4.31 Å². The average Bonchev–Trinajstić information content (AvgIpc) is 2.98. The van der Waals surface area contributed by atoms with Crippen LogP contribution in [0, 0.1) is 0 Å². The molecule has 0 N–H and O–H groups in total. The minimum absolute atomic E-state index is 0.0385. The third-order valence-electron chi connectivity index (χ3n) is 4.10. The van der Waals surface area contributed by atoms with Crippen LogP contribution in [0.15, 0.2) is 35.5 Å². The molecule has 0 aliphatic rings. The molecule has 0 bridgehead atoms. The molecular formula is C17H25N5O3S2. The lowest BCUT2D eigenvalue weighted by molar-refractivity contribution is -0.127. The topological polar surface area (TPSA) is 88.4 Å². The summed E-state index contributed by atoms with van der Waals surface area (Å²) in [5, 5.41) is 8.81. The Kier molecular flexibility index (Phi) is 7.25. The zero-order valence-corrected chi connectivity index (χ0v) is 17.6. The van der Waals surface area contributed by atoms with Crippen molar-refractivity contribution >= 4 is 33.4 Å². The first-order valence-electron chi connectivity index (χ1n) is 8.59. The van der Waals surface area contributed by atoms with Crippen molar-refractivity contribution in [3.05, 3.63) is 36.2 Å². The highest BCUT2D eigenvalue weighted by Gasteiger charge is 2.21. The highest BCUT2D eigenvalue weighted by atomic mass is 32.2. The number of hydrogen-bond acceptors (Lipinski definition) is 6. The number of carbonyl (C=O) groups excluding carboxylic acids is 1. The number of nitrogens with zero attached hydrogens (tertiary/aromatic N) is 5. The number of rotatable bonds is 9. The van der Waals surface area contributed by atoms with E-state index in [2.05, 4.69) is 10.2 Å². The van der Waals surface area contributed by atoms with Crippen LogP contribution >= 0.6 is 11.8 Å². The largest absolute Gasteiger partial charge is 0.343 e. The summed E-state index contributed by atoms with van der Waals surface area (Å²) in [4.78, 5) is 13.9. The molecule has 1 amide bonds. The van der Waals surface area contributed by atoms with Gasteiger partial charge in [0.2, 0.25) is 15.9 Å². The molecule has 0 aliphatic carbocycles. The number of amides is 1. The lowest BCUT2D eigenvalue weighted by Gasteiger charge is -2.21. The summed E-state index contributed by atoms with van der Waals surface area (Å²) < 4.78 is 27.5. The number of thioether (sulfide) groups is 1. The number of hydrogen-bond donors (Lipinski definition) is 0. The van der Waals surface area contributed by atoms with Crippen molar-refractivity contribution in [2.24, 2.45) is 7.05 Å². The van der Waals surface area contributed by atoms with Crippen LogP contribution in [0.25, 0.3) is 0 Å². The number of benzene rings is 1. The Morgan fingerprint density at radius 1 is 1.15 bits per heavy atom. The Morgan fingerprint density at radius 3 is 2.33 bits per heavy atom. The van der Waals surface area contributed by atoms with E-state index in [0.29, 0.717) is 29.8 Å². The zero-order chi connectivity index (χ0) is 20.0. The van der Waals surface area contributed by atoms with Crippen LogP contribution in [0.5, 0.6) is 0 Å². The molecular weight excluding hydrogens is 386 g/mol. The second-order valence-corrected chi connectivity index (χ2v) is 8.77. The second-order valence-electron chi connectivity index (χ2n) is 5.92. The van der Waals surface area contributed by atoms with Gasteiger partial charge in [-0.15, -0.1) is 10.2 Å². The fraction of sp³-hybridized carbons (Fsp3) is 0.471. The van der Waals surface area contributed by atoms with Gasteiger partial charge in [0.25, 0.3) is 0 Å². The quantitative estimate of drug-likeness (QED) is 0.584. The van der Waals surface area contributed by atoms with Crippen LogP contribution in [0.4, 0.5) is 5.69 Å². The molecule has 0 fully saturated rings. The van der Waals surface area contributed by atoms with Gasteiger partial charge in [0.15, 0.2) is 11.0 Å². The smallest absolute Gasteiger partial charge is 0.233 e. The fourth-order valence-electron chi connectivity index (χ4n) is 2.53. The van der Waals surface area contributed by atoms with Gasteiger partial charge in [-0.2, -0.15) is 0 Å². The molecule has 0 spiro atoms. The Labute approximate surface area is 164 Å². The third kappa shape index (κ3) is 5.46. The van der Waals surface area contributed by atoms with E-state index in [1.165, 1.54) is 16.1 Å². The van der Waals surface area contributed by atoms with Crippen LogP contribution in [0.2, 0.25) is 0 Å². The van der Waals surface area contributed by atoms with Crippen molar-refractivity contribution < 1.29 is 13.2 Å². The summed E-state index contributed by atoms with van der Waals surface area (Å²) in [7, 11) is -1.71. The summed E-state index contributed by atoms with van der Waals surface area (Å²) in [6.45, 7) is 5.28. The lowest BCUT2D eigenvalue weighted by atomic mass is 10.3. The van der Waals surface area contributed by atoms with E-state index in [1.807, 2.05) is 19.9 Å². The molecule has 148 valence electrons. The molecule has 0 saturated heterocycles. The Balaban J connectivity index is 2.15. The number of carbonyl (C=O) groups is 1. The van der Waals surface area contributed by atoms with Crippen molar-refractivity contribution in [2.75, 3.05) is 29.4 Å². The van der Waals surface area contributed by atoms with Gasteiger partial charge in [-0.1, -0.05) is 30.0 Å². The Bertz CT molecular complexity index is 864. The van der Waals surface area contributed by atoms with E-state index < -0.39 is 10.0 Å². The maximum Gasteiger partial charge on any atom is 0.233 e. The standard InChI is InChI=1S/C17H25N5O3S2/c1-5-21(6-2)16(23)13-26-17-19-18-15(20(17)3)12-22(27(4,24)25)14-10-8-7-9-11-14/h7-11H,5-6,12-13H2,1-4H3. The molecule has 1 aromatic carbocycles. The molecule has 2 rings (SSSR count). The van der Waals surface area contributed by atoms with Crippen molar-refractivity contribution in [2.45, 2.75) is 25.5 Å². The highest BCUT2D eigenvalue weighted by Crippen LogP contribution is 2.22. The van der Waals surface area contributed by atoms with Crippen molar-refractivity contribution in [1.29, 1.82) is 0 Å². The number of para-hydroxylation sites is 1. The van der Waals surface area contributed by atoms with Crippen molar-refractivity contribution in [3.8, 4) is 0 Å². The third-order valence-corrected chi connectivity index (χ3v) is 6.24. The molecule has 0 atom stereocenters. The SMILES string of the molecule is CCN(CC)C(=O)CSc1nnc(CN(c2ccccc2)S(C)(=O)=O)n1C. The van der Waals surface area contributed by atoms with E-state index in [4.69, 9.17) is 0 Å². The van der Waals surface area contributed by atoms with E-state index >= 15 is 0 Å². The van der Waals surface area contributed by atoms with Gasteiger partial charge in [0.1, 0.15) is 0 Å². The molecule has 10 heteroatoms. The predicted molar refractivity (Wildman–Crippen MR) is 107 cm³/mol. The fourth-order valence-corrected chi connectivity index (χ4v) is 4.21. The average molecular weight is 412 g/mol. The van der Waals surface area contributed by atoms with E-state index in [0.717, 1.165) is 6.26 Å². The van der Waals surface area contributed by atoms with Crippen LogP contribution in [0.1, 0.15) is 19.7 Å². The molecule has 2 aromatic rings. The first kappa shape index (κ1) is 21.2. The van der Waals surface area contributed by atoms with Gasteiger partial charge in [-0.3, -0.25) is 9.10 Å². The summed E-state index contributed by atoms with van der Waals surface area (Å²) in [5.74, 6) is 0.806. The first-order valence-corrected chi connectivity index (χ1v) is 11.4. The van der Waals surface area contributed by atoms with E-state index in [-0.39, 0.29) is 18.2 Å². The monoisotopic (exact) mass is 411 g/mol. The first-order chi connectivity index (χ1) is 12.8. The lowest BCUT2D eigenvalue weighted by Crippen LogP contribution is -2.32. The normalized spacial score (nSPS) is 11.4. The Morgan fingerprint density at radius 2 is 1.78 bits per heavy atom. The molecule has 0 aliphatic heterocycles. The van der Waals surface area contributed by atoms with E-state index in [9.17, 15) is 13.2 Å². The van der Waals surface area contributed by atoms with Crippen LogP contribution in [-0.4, -0.2) is 59.1 Å². The van der Waals surface area contributed by atoms with Gasteiger partial charge >= 0.3 is 0 Å². The molecule has 0 unspecified atom stereocenters. The number of anilines is 1. The summed E-state index contributed by atoms with van der Waals surface area (Å²) >= 11 is 1.30. The minimum atomic E-state index is -3.48. The molecule has 8 nitrogen and oxygen atoms in total. The van der Waals surface area contributed by atoms with Gasteiger partial charge in [-0.25, -0.2) is 8.42 Å². The number of sulfonamides is 1. The molecule has 27 heavy (non-hydrogen) atoms. The van der Waals surface area contributed by atoms with Crippen LogP contribution in [0.3, 0.4) is 0 Å². The molecule has 0 saturated carbocycles. The van der Waals surface area contributed by atoms with Gasteiger partial charge < -0.3 is 9.47 Å². The maximum atomic E-state index is 12.2. The number of aromatic nitrogens is 3. The molecule has 1 heterocycles. The van der Waals surface area contributed by atoms with Gasteiger partial charge in [-0.05, 0) is 26.0 Å². The predicted octanol–water partition coefficient (Wildman–Crippen LogP) is 1.74. The van der Waals surface area contributed by atoms with Crippen LogP contribution in [-0.2, 0) is 28.4 Å². The minimum Gasteiger partial charge on any atom is -0.343 e. The Hall–Kier alpha value is -2.07. The molecule has 1 aromatic heterocycles. The summed E-state index contributed by atoms with van der Waals surface area (Å²) in [6.07, 6.45) is 1.16. The molecule has 0 radical (unpaired) electrons. The van der Waals surface area contributed by atoms with Gasteiger partial charge in [0.05, 0.1) is 24.2 Å². The van der Waals surface area contributed by atoms with E-state index in [1.54, 1.807) is 40.8 Å². The highest BCUT2D eigenvalue weighted by molar-refractivity contribution is 7.99. The summed E-state index contributed by atoms with van der Waals surface area (Å²) in [5.41, 5.74) is 0.564. The van der Waals surface area contributed by atoms with Gasteiger partial charge in [0, 0.05) is 20.1 Å². The van der Waals surface area contributed by atoms with Crippen molar-refractivity contribution in [1.82, 2.24) is 19.7 Å².